The first-order valence-electron chi connectivity index (χ1n) is 10.7. The summed E-state index contributed by atoms with van der Waals surface area (Å²) < 4.78 is 32.0. The number of aryl methyl sites for hydroxylation is 1. The van der Waals surface area contributed by atoms with Crippen LogP contribution in [0.1, 0.15) is 95.5 Å². The lowest BCUT2D eigenvalue weighted by Crippen LogP contribution is -2.03. The molecule has 0 saturated heterocycles. The summed E-state index contributed by atoms with van der Waals surface area (Å²) in [5.41, 5.74) is 0.719. The summed E-state index contributed by atoms with van der Waals surface area (Å²) in [4.78, 5) is 0.0541. The number of aliphatic hydroxyl groups is 1. The predicted molar refractivity (Wildman–Crippen MR) is 112 cm³/mol. The van der Waals surface area contributed by atoms with Crippen molar-refractivity contribution in [3.8, 4) is 0 Å². The van der Waals surface area contributed by atoms with E-state index in [1.807, 2.05) is 6.07 Å². The number of benzene rings is 1. The molecule has 0 amide bonds. The van der Waals surface area contributed by atoms with Crippen LogP contribution in [0.5, 0.6) is 0 Å². The van der Waals surface area contributed by atoms with E-state index in [1.165, 1.54) is 70.3 Å². The second-order valence-electron chi connectivity index (χ2n) is 7.51. The molecular formula is C22H38O4S. The number of rotatable bonds is 17. The van der Waals surface area contributed by atoms with Crippen LogP contribution < -0.4 is 0 Å². The van der Waals surface area contributed by atoms with Crippen LogP contribution in [0.3, 0.4) is 0 Å². The van der Waals surface area contributed by atoms with Crippen LogP contribution in [-0.2, 0) is 16.5 Å². The van der Waals surface area contributed by atoms with Crippen molar-refractivity contribution in [3.05, 3.63) is 29.8 Å². The van der Waals surface area contributed by atoms with Gasteiger partial charge in [0.05, 0.1) is 4.90 Å². The zero-order valence-electron chi connectivity index (χ0n) is 16.7. The first-order valence-corrected chi connectivity index (χ1v) is 12.2. The van der Waals surface area contributed by atoms with Gasteiger partial charge in [0, 0.05) is 6.61 Å². The maximum absolute atomic E-state index is 11.4. The van der Waals surface area contributed by atoms with Gasteiger partial charge >= 0.3 is 0 Å². The summed E-state index contributed by atoms with van der Waals surface area (Å²) in [5.74, 6) is 0. The summed E-state index contributed by atoms with van der Waals surface area (Å²) in [6.07, 6.45) is 17.8. The molecule has 1 rings (SSSR count). The van der Waals surface area contributed by atoms with Crippen LogP contribution in [0.4, 0.5) is 0 Å². The van der Waals surface area contributed by atoms with E-state index >= 15 is 0 Å². The lowest BCUT2D eigenvalue weighted by molar-refractivity contribution is 0.282. The van der Waals surface area contributed by atoms with Crippen molar-refractivity contribution in [2.24, 2.45) is 0 Å². The Labute approximate surface area is 166 Å². The highest BCUT2D eigenvalue weighted by Crippen LogP contribution is 2.18. The molecule has 2 N–H and O–H groups in total. The molecule has 0 aliphatic rings. The second kappa shape index (κ2) is 15.1. The van der Waals surface area contributed by atoms with Gasteiger partial charge in [0.2, 0.25) is 0 Å². The third-order valence-electron chi connectivity index (χ3n) is 5.10. The molecule has 27 heavy (non-hydrogen) atoms. The summed E-state index contributed by atoms with van der Waals surface area (Å²) >= 11 is 0. The second-order valence-corrected chi connectivity index (χ2v) is 8.90. The number of unbranched alkanes of at least 4 members (excludes halogenated alkanes) is 13. The molecule has 0 bridgehead atoms. The van der Waals surface area contributed by atoms with E-state index in [0.717, 1.165) is 31.2 Å². The molecule has 0 radical (unpaired) electrons. The van der Waals surface area contributed by atoms with Gasteiger partial charge in [-0.2, -0.15) is 8.42 Å². The Balaban J connectivity index is 1.94. The smallest absolute Gasteiger partial charge is 0.294 e. The molecule has 0 fully saturated rings. The van der Waals surface area contributed by atoms with Crippen molar-refractivity contribution in [1.82, 2.24) is 0 Å². The molecule has 1 aromatic carbocycles. The van der Waals surface area contributed by atoms with Crippen molar-refractivity contribution in [3.63, 3.8) is 0 Å². The molecule has 0 heterocycles. The minimum atomic E-state index is -4.11. The van der Waals surface area contributed by atoms with Crippen LogP contribution in [0.2, 0.25) is 0 Å². The normalized spacial score (nSPS) is 11.8. The summed E-state index contributed by atoms with van der Waals surface area (Å²) in [6.45, 7) is 0.331. The van der Waals surface area contributed by atoms with Crippen molar-refractivity contribution in [2.45, 2.75) is 101 Å². The zero-order chi connectivity index (χ0) is 19.8. The zero-order valence-corrected chi connectivity index (χ0v) is 17.6. The van der Waals surface area contributed by atoms with E-state index < -0.39 is 10.1 Å². The minimum Gasteiger partial charge on any atom is -0.396 e. The Bertz CT molecular complexity index is 584. The standard InChI is InChI=1S/C22H38O4S/c23-20-16-12-10-8-6-4-2-1-3-5-7-9-11-13-17-21-18-14-15-19-22(21)27(24,25)26/h14-15,18-19,23H,1-13,16-17,20H2,(H,24,25,26). The fraction of sp³-hybridized carbons (Fsp3) is 0.727. The average Bonchev–Trinajstić information content (AvgIpc) is 2.64. The van der Waals surface area contributed by atoms with Gasteiger partial charge in [0.25, 0.3) is 10.1 Å². The van der Waals surface area contributed by atoms with Gasteiger partial charge in [-0.05, 0) is 30.9 Å². The fourth-order valence-corrected chi connectivity index (χ4v) is 4.26. The fourth-order valence-electron chi connectivity index (χ4n) is 3.51. The third-order valence-corrected chi connectivity index (χ3v) is 6.06. The van der Waals surface area contributed by atoms with Gasteiger partial charge in [0.15, 0.2) is 0 Å². The molecule has 0 spiro atoms. The van der Waals surface area contributed by atoms with E-state index in [0.29, 0.717) is 13.0 Å². The molecule has 0 aliphatic carbocycles. The van der Waals surface area contributed by atoms with Gasteiger partial charge in [-0.15, -0.1) is 0 Å². The van der Waals surface area contributed by atoms with Crippen LogP contribution in [0, 0.1) is 0 Å². The van der Waals surface area contributed by atoms with E-state index in [-0.39, 0.29) is 4.90 Å². The van der Waals surface area contributed by atoms with E-state index in [4.69, 9.17) is 5.11 Å². The maximum atomic E-state index is 11.4. The SMILES string of the molecule is O=S(=O)(O)c1ccccc1CCCCCCCCCCCCCCCCO. The number of hydrogen-bond donors (Lipinski definition) is 2. The van der Waals surface area contributed by atoms with Gasteiger partial charge in [-0.25, -0.2) is 0 Å². The first kappa shape index (κ1) is 24.1. The topological polar surface area (TPSA) is 74.6 Å². The monoisotopic (exact) mass is 398 g/mol. The Morgan fingerprint density at radius 1 is 0.630 bits per heavy atom. The van der Waals surface area contributed by atoms with E-state index in [9.17, 15) is 13.0 Å². The molecular weight excluding hydrogens is 360 g/mol. The molecule has 5 heteroatoms. The van der Waals surface area contributed by atoms with Crippen LogP contribution >= 0.6 is 0 Å². The molecule has 0 saturated carbocycles. The van der Waals surface area contributed by atoms with Gasteiger partial charge < -0.3 is 5.11 Å². The number of aliphatic hydroxyl groups excluding tert-OH is 1. The lowest BCUT2D eigenvalue weighted by atomic mass is 10.0. The van der Waals surface area contributed by atoms with Crippen molar-refractivity contribution >= 4 is 10.1 Å². The van der Waals surface area contributed by atoms with Crippen LogP contribution in [0.25, 0.3) is 0 Å². The summed E-state index contributed by atoms with van der Waals surface area (Å²) in [5, 5.41) is 8.72. The van der Waals surface area contributed by atoms with Gasteiger partial charge in [-0.3, -0.25) is 4.55 Å². The van der Waals surface area contributed by atoms with Gasteiger partial charge in [0.1, 0.15) is 0 Å². The Morgan fingerprint density at radius 3 is 1.48 bits per heavy atom. The lowest BCUT2D eigenvalue weighted by Gasteiger charge is -2.07. The van der Waals surface area contributed by atoms with E-state index in [2.05, 4.69) is 0 Å². The molecule has 156 valence electrons. The molecule has 4 nitrogen and oxygen atoms in total. The van der Waals surface area contributed by atoms with Crippen LogP contribution in [-0.4, -0.2) is 24.7 Å². The van der Waals surface area contributed by atoms with E-state index in [1.54, 1.807) is 12.1 Å². The van der Waals surface area contributed by atoms with Crippen molar-refractivity contribution < 1.29 is 18.1 Å². The number of hydrogen-bond acceptors (Lipinski definition) is 3. The van der Waals surface area contributed by atoms with Crippen molar-refractivity contribution in [2.75, 3.05) is 6.61 Å². The largest absolute Gasteiger partial charge is 0.396 e. The molecule has 0 unspecified atom stereocenters. The maximum Gasteiger partial charge on any atom is 0.294 e. The predicted octanol–water partition coefficient (Wildman–Crippen LogP) is 5.93. The summed E-state index contributed by atoms with van der Waals surface area (Å²) in [7, 11) is -4.11. The third kappa shape index (κ3) is 12.2. The first-order chi connectivity index (χ1) is 13.1. The quantitative estimate of drug-likeness (QED) is 0.252. The highest BCUT2D eigenvalue weighted by Gasteiger charge is 2.13. The highest BCUT2D eigenvalue weighted by atomic mass is 32.2. The Kier molecular flexibility index (Phi) is 13.5. The Hall–Kier alpha value is -0.910. The highest BCUT2D eigenvalue weighted by molar-refractivity contribution is 7.85. The average molecular weight is 399 g/mol. The Morgan fingerprint density at radius 2 is 1.04 bits per heavy atom. The van der Waals surface area contributed by atoms with Crippen LogP contribution in [0.15, 0.2) is 29.2 Å². The van der Waals surface area contributed by atoms with Gasteiger partial charge in [-0.1, -0.05) is 95.2 Å². The van der Waals surface area contributed by atoms with Crippen molar-refractivity contribution in [1.29, 1.82) is 0 Å². The molecule has 0 aromatic heterocycles. The molecule has 0 atom stereocenters. The molecule has 0 aliphatic heterocycles. The molecule has 1 aromatic rings. The minimum absolute atomic E-state index is 0.0541. The summed E-state index contributed by atoms with van der Waals surface area (Å²) in [6, 6.07) is 6.72.